The van der Waals surface area contributed by atoms with Crippen LogP contribution < -0.4 is 5.32 Å². The summed E-state index contributed by atoms with van der Waals surface area (Å²) in [5.74, 6) is -0.0447. The second kappa shape index (κ2) is 3.66. The second-order valence-electron chi connectivity index (χ2n) is 4.30. The summed E-state index contributed by atoms with van der Waals surface area (Å²) in [6, 6.07) is 0.219. The quantitative estimate of drug-likeness (QED) is 0.645. The van der Waals surface area contributed by atoms with E-state index in [1.165, 1.54) is 32.1 Å². The molecule has 0 radical (unpaired) electrons. The summed E-state index contributed by atoms with van der Waals surface area (Å²) in [4.78, 5) is 10.8. The van der Waals surface area contributed by atoms with Gasteiger partial charge in [-0.3, -0.25) is 4.79 Å². The number of rotatable bonds is 1. The number of nitrogens with one attached hydrogen (secondary N) is 1. The van der Waals surface area contributed by atoms with Gasteiger partial charge in [0.2, 0.25) is 0 Å². The van der Waals surface area contributed by atoms with Crippen molar-refractivity contribution in [3.05, 3.63) is 0 Å². The topological polar surface area (TPSA) is 49.3 Å². The van der Waals surface area contributed by atoms with Crippen molar-refractivity contribution in [2.75, 3.05) is 0 Å². The maximum absolute atomic E-state index is 10.8. The highest BCUT2D eigenvalue weighted by atomic mass is 16.4. The molecule has 13 heavy (non-hydrogen) atoms. The number of carbonyl (C=O) groups is 1. The Morgan fingerprint density at radius 2 is 2.00 bits per heavy atom. The summed E-state index contributed by atoms with van der Waals surface area (Å²) in [6.07, 6.45) is 7.12. The molecule has 1 saturated heterocycles. The van der Waals surface area contributed by atoms with Crippen molar-refractivity contribution in [2.24, 2.45) is 5.92 Å². The van der Waals surface area contributed by atoms with E-state index in [4.69, 9.17) is 5.11 Å². The third kappa shape index (κ3) is 1.85. The van der Waals surface area contributed by atoms with Gasteiger partial charge in [-0.2, -0.15) is 0 Å². The van der Waals surface area contributed by atoms with Crippen molar-refractivity contribution >= 4 is 5.97 Å². The van der Waals surface area contributed by atoms with Crippen molar-refractivity contribution in [1.29, 1.82) is 0 Å². The SMILES string of the molecule is O=C(O)[C@H]1C[C@H]2CCCCC[C@@H]2N1. The molecule has 3 nitrogen and oxygen atoms in total. The van der Waals surface area contributed by atoms with Crippen LogP contribution in [0.3, 0.4) is 0 Å². The minimum Gasteiger partial charge on any atom is -0.480 e. The minimum atomic E-state index is -0.673. The van der Waals surface area contributed by atoms with Crippen LogP contribution in [0.5, 0.6) is 0 Å². The molecule has 0 unspecified atom stereocenters. The van der Waals surface area contributed by atoms with E-state index in [1.807, 2.05) is 0 Å². The van der Waals surface area contributed by atoms with Gasteiger partial charge in [-0.1, -0.05) is 19.3 Å². The number of fused-ring (bicyclic) bond motifs is 1. The van der Waals surface area contributed by atoms with Crippen molar-refractivity contribution in [2.45, 2.75) is 50.6 Å². The van der Waals surface area contributed by atoms with Gasteiger partial charge in [0.1, 0.15) is 6.04 Å². The van der Waals surface area contributed by atoms with Gasteiger partial charge in [-0.25, -0.2) is 0 Å². The molecule has 1 aliphatic carbocycles. The largest absolute Gasteiger partial charge is 0.480 e. The first-order chi connectivity index (χ1) is 6.27. The van der Waals surface area contributed by atoms with Crippen LogP contribution in [0.25, 0.3) is 0 Å². The van der Waals surface area contributed by atoms with Crippen LogP contribution in [0.1, 0.15) is 38.5 Å². The monoisotopic (exact) mass is 183 g/mol. The third-order valence-corrected chi connectivity index (χ3v) is 3.41. The molecule has 0 aromatic heterocycles. The van der Waals surface area contributed by atoms with E-state index in [0.717, 1.165) is 6.42 Å². The molecule has 1 aliphatic heterocycles. The van der Waals surface area contributed by atoms with Crippen LogP contribution in [0, 0.1) is 5.92 Å². The van der Waals surface area contributed by atoms with Gasteiger partial charge >= 0.3 is 5.97 Å². The highest BCUT2D eigenvalue weighted by molar-refractivity contribution is 5.74. The molecule has 2 N–H and O–H groups in total. The summed E-state index contributed by atoms with van der Waals surface area (Å²) in [5.41, 5.74) is 0. The Labute approximate surface area is 78.5 Å². The van der Waals surface area contributed by atoms with E-state index in [0.29, 0.717) is 12.0 Å². The Morgan fingerprint density at radius 1 is 1.23 bits per heavy atom. The van der Waals surface area contributed by atoms with Crippen LogP contribution in [0.4, 0.5) is 0 Å². The molecule has 0 bridgehead atoms. The predicted molar refractivity (Wildman–Crippen MR) is 49.5 cm³/mol. The summed E-state index contributed by atoms with van der Waals surface area (Å²) in [5, 5.41) is 12.1. The highest BCUT2D eigenvalue weighted by Gasteiger charge is 2.37. The first kappa shape index (κ1) is 9.00. The summed E-state index contributed by atoms with van der Waals surface area (Å²) < 4.78 is 0. The Morgan fingerprint density at radius 3 is 2.77 bits per heavy atom. The molecular formula is C10H17NO2. The van der Waals surface area contributed by atoms with Crippen LogP contribution in [-0.4, -0.2) is 23.2 Å². The zero-order chi connectivity index (χ0) is 9.26. The molecule has 74 valence electrons. The van der Waals surface area contributed by atoms with Gasteiger partial charge in [0, 0.05) is 6.04 Å². The Bertz CT molecular complexity index is 191. The fraction of sp³-hybridized carbons (Fsp3) is 0.900. The van der Waals surface area contributed by atoms with Gasteiger partial charge in [0.05, 0.1) is 0 Å². The average molecular weight is 183 g/mol. The van der Waals surface area contributed by atoms with Gasteiger partial charge in [0.25, 0.3) is 0 Å². The van der Waals surface area contributed by atoms with Crippen molar-refractivity contribution in [3.8, 4) is 0 Å². The number of carboxylic acid groups (broad SMARTS) is 1. The molecule has 1 heterocycles. The van der Waals surface area contributed by atoms with Crippen LogP contribution in [0.2, 0.25) is 0 Å². The number of aliphatic carboxylic acids is 1. The maximum atomic E-state index is 10.8. The lowest BCUT2D eigenvalue weighted by molar-refractivity contribution is -0.139. The highest BCUT2D eigenvalue weighted by Crippen LogP contribution is 2.32. The average Bonchev–Trinajstić information content (AvgIpc) is 2.38. The normalized spacial score (nSPS) is 39.5. The van der Waals surface area contributed by atoms with E-state index in [9.17, 15) is 4.79 Å². The van der Waals surface area contributed by atoms with E-state index < -0.39 is 5.97 Å². The van der Waals surface area contributed by atoms with E-state index >= 15 is 0 Å². The van der Waals surface area contributed by atoms with E-state index in [1.54, 1.807) is 0 Å². The molecule has 0 aromatic carbocycles. The molecule has 2 fully saturated rings. The standard InChI is InChI=1S/C10H17NO2/c12-10(13)9-6-7-4-2-1-3-5-8(7)11-9/h7-9,11H,1-6H2,(H,12,13)/t7-,8+,9-/m1/s1. The number of hydrogen-bond acceptors (Lipinski definition) is 2. The first-order valence-electron chi connectivity index (χ1n) is 5.26. The molecule has 0 aromatic rings. The summed E-state index contributed by atoms with van der Waals surface area (Å²) >= 11 is 0. The Kier molecular flexibility index (Phi) is 2.54. The first-order valence-corrected chi connectivity index (χ1v) is 5.26. The predicted octanol–water partition coefficient (Wildman–Crippen LogP) is 1.38. The van der Waals surface area contributed by atoms with E-state index in [2.05, 4.69) is 5.32 Å². The fourth-order valence-electron chi connectivity index (χ4n) is 2.69. The van der Waals surface area contributed by atoms with Gasteiger partial charge in [-0.15, -0.1) is 0 Å². The maximum Gasteiger partial charge on any atom is 0.320 e. The van der Waals surface area contributed by atoms with Gasteiger partial charge in [-0.05, 0) is 25.2 Å². The molecule has 0 amide bonds. The minimum absolute atomic E-state index is 0.270. The lowest BCUT2D eigenvalue weighted by Gasteiger charge is -2.14. The van der Waals surface area contributed by atoms with E-state index in [-0.39, 0.29) is 6.04 Å². The molecule has 1 saturated carbocycles. The van der Waals surface area contributed by atoms with Crippen molar-refractivity contribution in [3.63, 3.8) is 0 Å². The molecule has 2 rings (SSSR count). The van der Waals surface area contributed by atoms with Crippen molar-refractivity contribution < 1.29 is 9.90 Å². The Hall–Kier alpha value is -0.570. The second-order valence-corrected chi connectivity index (χ2v) is 4.30. The molecule has 3 heteroatoms. The van der Waals surface area contributed by atoms with Crippen LogP contribution >= 0.6 is 0 Å². The molecule has 3 atom stereocenters. The lowest BCUT2D eigenvalue weighted by Crippen LogP contribution is -2.35. The van der Waals surface area contributed by atoms with Crippen LogP contribution in [0.15, 0.2) is 0 Å². The molecular weight excluding hydrogens is 166 g/mol. The van der Waals surface area contributed by atoms with Crippen LogP contribution in [-0.2, 0) is 4.79 Å². The van der Waals surface area contributed by atoms with Gasteiger partial charge in [0.15, 0.2) is 0 Å². The zero-order valence-electron chi connectivity index (χ0n) is 7.83. The van der Waals surface area contributed by atoms with Crippen molar-refractivity contribution in [1.82, 2.24) is 5.32 Å². The molecule has 0 spiro atoms. The smallest absolute Gasteiger partial charge is 0.320 e. The molecule has 2 aliphatic rings. The number of carboxylic acids is 1. The summed E-state index contributed by atoms with van der Waals surface area (Å²) in [6.45, 7) is 0. The third-order valence-electron chi connectivity index (χ3n) is 3.41. The lowest BCUT2D eigenvalue weighted by atomic mass is 9.94. The zero-order valence-corrected chi connectivity index (χ0v) is 7.83. The van der Waals surface area contributed by atoms with Gasteiger partial charge < -0.3 is 10.4 Å². The summed E-state index contributed by atoms with van der Waals surface area (Å²) in [7, 11) is 0. The Balaban J connectivity index is 1.97. The number of hydrogen-bond donors (Lipinski definition) is 2. The fourth-order valence-corrected chi connectivity index (χ4v) is 2.69.